The molecule has 1 aromatic rings. The molecule has 40 heavy (non-hydrogen) atoms. The molecule has 9 heteroatoms. The van der Waals surface area contributed by atoms with E-state index in [4.69, 9.17) is 18.3 Å². The number of isocyanates is 1. The third-order valence-electron chi connectivity index (χ3n) is 9.07. The van der Waals surface area contributed by atoms with E-state index in [1.165, 1.54) is 12.3 Å². The van der Waals surface area contributed by atoms with Gasteiger partial charge in [0, 0.05) is 25.1 Å². The highest BCUT2D eigenvalue weighted by molar-refractivity contribution is 6.75. The van der Waals surface area contributed by atoms with Gasteiger partial charge in [0.05, 0.1) is 12.2 Å². The van der Waals surface area contributed by atoms with Crippen LogP contribution in [0.3, 0.4) is 0 Å². The van der Waals surface area contributed by atoms with Crippen LogP contribution in [0.1, 0.15) is 83.1 Å². The molecule has 0 aliphatic carbocycles. The van der Waals surface area contributed by atoms with E-state index >= 15 is 0 Å². The number of fused-ring (bicyclic) bond motifs is 3. The number of nitrogens with zero attached hydrogens (tertiary/aromatic N) is 1. The van der Waals surface area contributed by atoms with Crippen molar-refractivity contribution in [2.45, 2.75) is 134 Å². The smallest absolute Gasteiger partial charge is 0.342 e. The summed E-state index contributed by atoms with van der Waals surface area (Å²) in [5.41, 5.74) is 1.36. The highest BCUT2D eigenvalue weighted by Gasteiger charge is 2.43. The normalized spacial score (nSPS) is 24.6. The van der Waals surface area contributed by atoms with E-state index in [0.717, 1.165) is 18.4 Å². The van der Waals surface area contributed by atoms with Crippen LogP contribution in [0.4, 0.5) is 0 Å². The number of aliphatic imine (C=N–C) groups is 1. The maximum absolute atomic E-state index is 13.8. The Kier molecular flexibility index (Phi) is 10.1. The van der Waals surface area contributed by atoms with Crippen molar-refractivity contribution in [1.29, 1.82) is 0 Å². The molecule has 1 saturated heterocycles. The van der Waals surface area contributed by atoms with E-state index in [-0.39, 0.29) is 34.4 Å². The van der Waals surface area contributed by atoms with Crippen molar-refractivity contribution in [2.75, 3.05) is 0 Å². The summed E-state index contributed by atoms with van der Waals surface area (Å²) in [7, 11) is -4.22. The summed E-state index contributed by atoms with van der Waals surface area (Å²) in [6, 6.07) is 5.83. The lowest BCUT2D eigenvalue weighted by atomic mass is 9.91. The van der Waals surface area contributed by atoms with Gasteiger partial charge in [0.1, 0.15) is 17.4 Å². The predicted octanol–water partition coefficient (Wildman–Crippen LogP) is 7.72. The molecule has 0 aromatic heterocycles. The van der Waals surface area contributed by atoms with Crippen LogP contribution < -0.4 is 4.43 Å². The number of esters is 1. The first-order valence-electron chi connectivity index (χ1n) is 14.5. The molecule has 4 atom stereocenters. The van der Waals surface area contributed by atoms with Crippen molar-refractivity contribution in [2.24, 2.45) is 4.99 Å². The Morgan fingerprint density at radius 1 is 1.00 bits per heavy atom. The van der Waals surface area contributed by atoms with Crippen LogP contribution in [0.5, 0.6) is 5.75 Å². The Balaban J connectivity index is 2.02. The largest absolute Gasteiger partial charge is 0.543 e. The number of carbonyl (C=O) groups excluding carboxylic acids is 2. The van der Waals surface area contributed by atoms with Gasteiger partial charge in [0.15, 0.2) is 8.32 Å². The Morgan fingerprint density at radius 2 is 1.65 bits per heavy atom. The Hall–Kier alpha value is -2.04. The van der Waals surface area contributed by atoms with Crippen molar-refractivity contribution >= 4 is 28.7 Å². The molecule has 2 heterocycles. The lowest BCUT2D eigenvalue weighted by molar-refractivity contribution is -0.106. The molecule has 1 aromatic carbocycles. The van der Waals surface area contributed by atoms with E-state index in [2.05, 4.69) is 72.7 Å². The minimum Gasteiger partial charge on any atom is -0.543 e. The molecule has 2 aliphatic heterocycles. The minimum absolute atomic E-state index is 0.0317. The second-order valence-electron chi connectivity index (χ2n) is 14.3. The number of carbonyl (C=O) groups is 1. The van der Waals surface area contributed by atoms with E-state index in [9.17, 15) is 9.59 Å². The second kappa shape index (κ2) is 12.5. The van der Waals surface area contributed by atoms with Crippen molar-refractivity contribution in [3.8, 4) is 5.75 Å². The van der Waals surface area contributed by atoms with Gasteiger partial charge in [-0.15, -0.1) is 0 Å². The van der Waals surface area contributed by atoms with Gasteiger partial charge in [-0.05, 0) is 67.2 Å². The Morgan fingerprint density at radius 3 is 2.27 bits per heavy atom. The highest BCUT2D eigenvalue weighted by Crippen LogP contribution is 2.42. The monoisotopic (exact) mass is 587 g/mol. The Bertz CT molecular complexity index is 1130. The fraction of sp³-hybridized carbons (Fsp3) is 0.677. The summed E-state index contributed by atoms with van der Waals surface area (Å²) < 4.78 is 26.4. The molecule has 7 nitrogen and oxygen atoms in total. The third kappa shape index (κ3) is 8.04. The molecule has 2 aliphatic rings. The summed E-state index contributed by atoms with van der Waals surface area (Å²) in [5, 5.41) is 0.0718. The van der Waals surface area contributed by atoms with Crippen molar-refractivity contribution in [1.82, 2.24) is 0 Å². The molecular weight excluding hydrogens is 539 g/mol. The van der Waals surface area contributed by atoms with Gasteiger partial charge in [-0.1, -0.05) is 59.8 Å². The van der Waals surface area contributed by atoms with Crippen molar-refractivity contribution in [3.05, 3.63) is 41.6 Å². The number of rotatable bonds is 7. The summed E-state index contributed by atoms with van der Waals surface area (Å²) in [4.78, 5) is 27.9. The summed E-state index contributed by atoms with van der Waals surface area (Å²) in [5.74, 6) is 0.201. The molecule has 0 unspecified atom stereocenters. The van der Waals surface area contributed by atoms with Crippen LogP contribution in [0.25, 0.3) is 0 Å². The maximum atomic E-state index is 13.8. The van der Waals surface area contributed by atoms with Crippen LogP contribution >= 0.6 is 0 Å². The van der Waals surface area contributed by atoms with Gasteiger partial charge in [0.2, 0.25) is 6.08 Å². The van der Waals surface area contributed by atoms with Gasteiger partial charge in [-0.3, -0.25) is 0 Å². The number of hydrogen-bond donors (Lipinski definition) is 0. The topological polar surface area (TPSA) is 83.4 Å². The average Bonchev–Trinajstić information content (AvgIpc) is 2.79. The van der Waals surface area contributed by atoms with E-state index < -0.39 is 22.7 Å². The number of ether oxygens (including phenoxy) is 2. The molecule has 2 bridgehead atoms. The van der Waals surface area contributed by atoms with Gasteiger partial charge < -0.3 is 18.3 Å². The number of hydrogen-bond acceptors (Lipinski definition) is 7. The zero-order chi connectivity index (χ0) is 29.9. The molecule has 1 fully saturated rings. The second-order valence-corrected chi connectivity index (χ2v) is 23.8. The Labute approximate surface area is 243 Å². The van der Waals surface area contributed by atoms with Crippen LogP contribution in [0, 0.1) is 0 Å². The van der Waals surface area contributed by atoms with Gasteiger partial charge in [-0.2, -0.15) is 4.99 Å². The van der Waals surface area contributed by atoms with Gasteiger partial charge in [0.25, 0.3) is 8.32 Å². The van der Waals surface area contributed by atoms with E-state index in [1.807, 2.05) is 18.2 Å². The maximum Gasteiger partial charge on any atom is 0.342 e. The quantitative estimate of drug-likeness (QED) is 0.141. The lowest BCUT2D eigenvalue weighted by Gasteiger charge is -2.44. The summed E-state index contributed by atoms with van der Waals surface area (Å²) in [6.07, 6.45) is 7.15. The predicted molar refractivity (Wildman–Crippen MR) is 164 cm³/mol. The van der Waals surface area contributed by atoms with Crippen molar-refractivity contribution in [3.63, 3.8) is 0 Å². The average molecular weight is 588 g/mol. The van der Waals surface area contributed by atoms with E-state index in [1.54, 1.807) is 6.08 Å². The highest BCUT2D eigenvalue weighted by atomic mass is 28.4. The first kappa shape index (κ1) is 32.5. The van der Waals surface area contributed by atoms with Crippen LogP contribution in [0.15, 0.2) is 35.5 Å². The standard InChI is InChI=1S/C31H49NO6Si2/c1-30(2,3)39(7,8)37-26-19-24-17-22-13-11-15-27(38-40(9,10)31(4,5)6)28(22)29(34)36-23(14-12-16-32-21-33)18-25(20-26)35-24/h11-13,15-16,23-26H,14,17-20H2,1-10H3/b16-12+/t23-,24-,25-,26+/m0/s1. The summed E-state index contributed by atoms with van der Waals surface area (Å²) >= 11 is 0. The first-order valence-corrected chi connectivity index (χ1v) is 20.3. The zero-order valence-corrected chi connectivity index (χ0v) is 28.1. The molecule has 0 spiro atoms. The zero-order valence-electron chi connectivity index (χ0n) is 26.1. The molecule has 0 radical (unpaired) electrons. The third-order valence-corrected chi connectivity index (χ3v) is 17.9. The summed E-state index contributed by atoms with van der Waals surface area (Å²) in [6.45, 7) is 22.3. The molecule has 0 amide bonds. The molecular formula is C31H49NO6Si2. The minimum atomic E-state index is -2.23. The van der Waals surface area contributed by atoms with Crippen LogP contribution in [0.2, 0.25) is 36.3 Å². The number of cyclic esters (lactones) is 1. The fourth-order valence-corrected chi connectivity index (χ4v) is 7.17. The SMILES string of the molecule is CC(C)(C)[Si](C)(C)Oc1cccc2c1C(=O)O[C@@H](C/C=C/N=C=O)C[C@H]1C[C@H](O[Si](C)(C)C(C)(C)C)C[C@H](C2)O1. The van der Waals surface area contributed by atoms with Gasteiger partial charge >= 0.3 is 5.97 Å². The molecule has 0 N–H and O–H groups in total. The first-order chi connectivity index (χ1) is 18.4. The van der Waals surface area contributed by atoms with E-state index in [0.29, 0.717) is 30.6 Å². The van der Waals surface area contributed by atoms with Crippen LogP contribution in [-0.2, 0) is 25.1 Å². The van der Waals surface area contributed by atoms with Crippen molar-refractivity contribution < 1.29 is 27.9 Å². The van der Waals surface area contributed by atoms with Gasteiger partial charge in [-0.25, -0.2) is 9.59 Å². The molecule has 3 rings (SSSR count). The van der Waals surface area contributed by atoms with Crippen LogP contribution in [-0.4, -0.2) is 53.1 Å². The number of benzene rings is 1. The lowest BCUT2D eigenvalue weighted by Crippen LogP contribution is -2.48. The molecule has 222 valence electrons. The molecule has 0 saturated carbocycles. The fourth-order valence-electron chi connectivity index (χ4n) is 4.77.